The third-order valence-corrected chi connectivity index (χ3v) is 17.7. The molecule has 0 bridgehead atoms. The zero-order chi connectivity index (χ0) is 55.5. The molecule has 0 spiro atoms. The van der Waals surface area contributed by atoms with Gasteiger partial charge in [-0.05, 0) is 177 Å². The number of hydrogen-bond donors (Lipinski definition) is 3. The van der Waals surface area contributed by atoms with Gasteiger partial charge in [0.1, 0.15) is 29.5 Å². The van der Waals surface area contributed by atoms with Crippen molar-refractivity contribution < 1.29 is 28.7 Å². The Hall–Kier alpha value is -6.20. The molecule has 80 heavy (non-hydrogen) atoms. The lowest BCUT2D eigenvalue weighted by Crippen LogP contribution is -2.50. The number of amides is 4. The summed E-state index contributed by atoms with van der Waals surface area (Å²) in [5.41, 5.74) is 9.81. The molecule has 4 amide bonds. The van der Waals surface area contributed by atoms with Gasteiger partial charge in [0.25, 0.3) is 0 Å². The Morgan fingerprint density at radius 3 is 1.77 bits per heavy atom. The van der Waals surface area contributed by atoms with Gasteiger partial charge in [0.15, 0.2) is 5.69 Å². The first-order valence-corrected chi connectivity index (χ1v) is 30.0. The van der Waals surface area contributed by atoms with Crippen molar-refractivity contribution in [2.45, 2.75) is 147 Å². The predicted molar refractivity (Wildman–Crippen MR) is 309 cm³/mol. The number of piperidine rings is 1. The van der Waals surface area contributed by atoms with E-state index in [1.165, 1.54) is 17.5 Å². The minimum absolute atomic E-state index is 0.0535. The van der Waals surface area contributed by atoms with E-state index >= 15 is 0 Å². The van der Waals surface area contributed by atoms with Crippen LogP contribution >= 0.6 is 23.2 Å². The van der Waals surface area contributed by atoms with Crippen molar-refractivity contribution in [3.8, 4) is 17.6 Å². The number of likely N-dealkylation sites (tertiary alicyclic amines) is 1. The van der Waals surface area contributed by atoms with Crippen LogP contribution in [0.5, 0.6) is 11.5 Å². The number of fused-ring (bicyclic) bond motifs is 4. The lowest BCUT2D eigenvalue weighted by atomic mass is 9.98. The van der Waals surface area contributed by atoms with Gasteiger partial charge in [0.05, 0.1) is 30.3 Å². The number of carbonyl (C=O) groups excluding carboxylic acids is 4. The molecule has 17 heteroatoms. The summed E-state index contributed by atoms with van der Waals surface area (Å²) < 4.78 is 13.6. The van der Waals surface area contributed by atoms with Crippen molar-refractivity contribution in [3.05, 3.63) is 132 Å². The smallest absolute Gasteiger partial charge is 0.314 e. The minimum Gasteiger partial charge on any atom is -0.484 e. The number of hydrogen-bond acceptors (Lipinski definition) is 10. The maximum absolute atomic E-state index is 13.4. The summed E-state index contributed by atoms with van der Waals surface area (Å²) in [7, 11) is 0. The largest absolute Gasteiger partial charge is 0.484 e. The first-order chi connectivity index (χ1) is 39.0. The van der Waals surface area contributed by atoms with Gasteiger partial charge in [-0.2, -0.15) is 5.26 Å². The Morgan fingerprint density at radius 1 is 0.625 bits per heavy atom. The Balaban J connectivity index is 0.581. The van der Waals surface area contributed by atoms with Gasteiger partial charge in [-0.25, -0.2) is 9.64 Å². The SMILES string of the molecule is [C-]#[N+]c1cc(Cl)cc2c1CC(N1CCCCC1)[C@H]2Oc1ccc2c(c1)CN(C(=O)CCCCC(=O)CCCCCNC(=O)NCCCC(=O)N1CCc3ccc(O[C@H]4c5cc(Cl)cc(C#N)c5C[C@@H]4N4CCNCC4)cc3C1)CC2. The third kappa shape index (κ3) is 13.9. The first kappa shape index (κ1) is 57.1. The molecule has 2 saturated heterocycles. The Labute approximate surface area is 481 Å². The molecular weight excluding hydrogens is 1050 g/mol. The van der Waals surface area contributed by atoms with Crippen molar-refractivity contribution in [3.63, 3.8) is 0 Å². The van der Waals surface area contributed by atoms with Gasteiger partial charge in [-0.3, -0.25) is 24.2 Å². The fourth-order valence-corrected chi connectivity index (χ4v) is 13.4. The van der Waals surface area contributed by atoms with Crippen LogP contribution in [0.2, 0.25) is 10.0 Å². The molecule has 4 aromatic carbocycles. The summed E-state index contributed by atoms with van der Waals surface area (Å²) in [6.45, 7) is 16.7. The van der Waals surface area contributed by atoms with E-state index in [0.29, 0.717) is 106 Å². The van der Waals surface area contributed by atoms with Gasteiger partial charge in [-0.1, -0.05) is 48.2 Å². The van der Waals surface area contributed by atoms with Gasteiger partial charge >= 0.3 is 6.03 Å². The highest BCUT2D eigenvalue weighted by Gasteiger charge is 2.42. The highest BCUT2D eigenvalue weighted by molar-refractivity contribution is 6.31. The van der Waals surface area contributed by atoms with Crippen LogP contribution < -0.4 is 25.4 Å². The molecule has 6 aliphatic rings. The van der Waals surface area contributed by atoms with Crippen LogP contribution in [0.25, 0.3) is 4.85 Å². The molecule has 15 nitrogen and oxygen atoms in total. The third-order valence-electron chi connectivity index (χ3n) is 17.3. The molecule has 4 atom stereocenters. The van der Waals surface area contributed by atoms with Crippen LogP contribution in [-0.2, 0) is 53.2 Å². The second kappa shape index (κ2) is 27.0. The number of ketones is 1. The number of nitrogens with one attached hydrogen (secondary N) is 3. The molecule has 0 aromatic heterocycles. The van der Waals surface area contributed by atoms with Crippen molar-refractivity contribution >= 4 is 52.5 Å². The maximum Gasteiger partial charge on any atom is 0.314 e. The van der Waals surface area contributed by atoms with E-state index in [1.54, 1.807) is 12.1 Å². The second-order valence-electron chi connectivity index (χ2n) is 22.6. The number of nitrogens with zero attached hydrogens (tertiary/aromatic N) is 6. The summed E-state index contributed by atoms with van der Waals surface area (Å²) >= 11 is 13.0. The molecule has 2 fully saturated rings. The summed E-state index contributed by atoms with van der Waals surface area (Å²) in [6.07, 6.45) is 12.0. The number of carbonyl (C=O) groups is 4. The quantitative estimate of drug-likeness (QED) is 0.0541. The average Bonchev–Trinajstić information content (AvgIpc) is 4.04. The molecule has 0 radical (unpaired) electrons. The number of ether oxygens (including phenoxy) is 2. The number of urea groups is 1. The number of piperazine rings is 1. The number of nitriles is 1. The molecule has 2 aliphatic carbocycles. The predicted octanol–water partition coefficient (Wildman–Crippen LogP) is 10.1. The van der Waals surface area contributed by atoms with Crippen molar-refractivity contribution in [2.75, 3.05) is 65.4 Å². The van der Waals surface area contributed by atoms with E-state index in [2.05, 4.69) is 60.9 Å². The molecule has 4 aliphatic heterocycles. The number of rotatable bonds is 21. The fraction of sp³-hybridized carbons (Fsp3) is 0.524. The molecule has 10 rings (SSSR count). The first-order valence-electron chi connectivity index (χ1n) is 29.3. The van der Waals surface area contributed by atoms with E-state index in [1.807, 2.05) is 34.1 Å². The normalized spacial score (nSPS) is 20.6. The monoisotopic (exact) mass is 1120 g/mol. The van der Waals surface area contributed by atoms with Crippen LogP contribution in [0, 0.1) is 17.9 Å². The highest BCUT2D eigenvalue weighted by atomic mass is 35.5. The van der Waals surface area contributed by atoms with Crippen LogP contribution in [0.3, 0.4) is 0 Å². The topological polar surface area (TPSA) is 164 Å². The molecule has 422 valence electrons. The lowest BCUT2D eigenvalue weighted by molar-refractivity contribution is -0.133. The standard InChI is InChI=1S/C63H75Cl2N9O6/c1-67-56-36-48(65)35-55-53(56)38-58(71-25-8-3-9-26-71)62(55)80-51-18-16-42-19-27-73(40-45(42)33-51)59(76)13-6-5-12-49(75)11-4-2-7-21-69-63(78)70-22-10-14-60(77)74-28-20-43-15-17-50(32-46(43)41-74)79-61-54-34-47(64)31-44(39-66)52(54)37-57(61)72-29-23-68-24-30-72/h15-18,31-36,57-58,61-62,68H,2-14,19-30,37-38,40-41H2,(H2,69,70,78)/t57-,58?,61-,62-/m0/s1. The molecule has 4 aromatic rings. The van der Waals surface area contributed by atoms with E-state index in [0.717, 1.165) is 142 Å². The van der Waals surface area contributed by atoms with Gasteiger partial charge < -0.3 is 35.2 Å². The van der Waals surface area contributed by atoms with E-state index in [4.69, 9.17) is 39.2 Å². The number of Topliss-reactive ketones (excluding diaryl/α,β-unsaturated/α-hetero) is 1. The molecule has 4 heterocycles. The van der Waals surface area contributed by atoms with Crippen LogP contribution in [0.1, 0.15) is 146 Å². The van der Waals surface area contributed by atoms with Crippen LogP contribution in [0.15, 0.2) is 60.7 Å². The van der Waals surface area contributed by atoms with Crippen molar-refractivity contribution in [2.24, 2.45) is 0 Å². The molecular formula is C63H75Cl2N9O6. The van der Waals surface area contributed by atoms with E-state index in [9.17, 15) is 24.4 Å². The Kier molecular flexibility index (Phi) is 19.3. The maximum atomic E-state index is 13.4. The van der Waals surface area contributed by atoms with Gasteiger partial charge in [0, 0.05) is 101 Å². The van der Waals surface area contributed by atoms with Gasteiger partial charge in [-0.15, -0.1) is 0 Å². The Morgan fingerprint density at radius 2 is 1.16 bits per heavy atom. The highest BCUT2D eigenvalue weighted by Crippen LogP contribution is 2.45. The fourth-order valence-electron chi connectivity index (χ4n) is 13.0. The average molecular weight is 1130 g/mol. The Bertz CT molecular complexity index is 2800. The molecule has 0 saturated carbocycles. The zero-order valence-electron chi connectivity index (χ0n) is 46.0. The summed E-state index contributed by atoms with van der Waals surface area (Å²) in [4.78, 5) is 64.7. The van der Waals surface area contributed by atoms with E-state index < -0.39 is 0 Å². The number of halogens is 2. The van der Waals surface area contributed by atoms with E-state index in [-0.39, 0.29) is 47.9 Å². The zero-order valence-corrected chi connectivity index (χ0v) is 47.5. The lowest BCUT2D eigenvalue weighted by Gasteiger charge is -2.36. The van der Waals surface area contributed by atoms with Crippen molar-refractivity contribution in [1.29, 1.82) is 5.26 Å². The molecule has 1 unspecified atom stereocenters. The number of unbranched alkanes of at least 4 members (excludes halogenated alkanes) is 3. The van der Waals surface area contributed by atoms with Crippen LogP contribution in [-0.4, -0.2) is 121 Å². The van der Waals surface area contributed by atoms with Gasteiger partial charge in [0.2, 0.25) is 11.8 Å². The summed E-state index contributed by atoms with van der Waals surface area (Å²) in [6, 6.07) is 22.1. The minimum atomic E-state index is -0.281. The molecule has 3 N–H and O–H groups in total. The van der Waals surface area contributed by atoms with Crippen molar-refractivity contribution in [1.82, 2.24) is 35.6 Å². The van der Waals surface area contributed by atoms with Crippen LogP contribution in [0.4, 0.5) is 10.5 Å². The number of benzene rings is 4. The summed E-state index contributed by atoms with van der Waals surface area (Å²) in [5.74, 6) is 1.87. The second-order valence-corrected chi connectivity index (χ2v) is 23.4. The summed E-state index contributed by atoms with van der Waals surface area (Å²) in [5, 5.41) is 20.2.